The average Bonchev–Trinajstić information content (AvgIpc) is 3.46. The zero-order chi connectivity index (χ0) is 30.3. The Labute approximate surface area is 250 Å². The van der Waals surface area contributed by atoms with Gasteiger partial charge in [0.1, 0.15) is 12.6 Å². The van der Waals surface area contributed by atoms with Crippen LogP contribution in [-0.4, -0.2) is 54.9 Å². The van der Waals surface area contributed by atoms with Crippen LogP contribution in [0.4, 0.5) is 11.4 Å². The Hall–Kier alpha value is -3.96. The van der Waals surface area contributed by atoms with Crippen LogP contribution in [0.2, 0.25) is 5.02 Å². The summed E-state index contributed by atoms with van der Waals surface area (Å²) in [6.45, 7) is -0.677. The number of non-ortho nitro benzene ring substituents is 1. The quantitative estimate of drug-likeness (QED) is 0.233. The molecule has 1 aliphatic carbocycles. The second-order valence-corrected chi connectivity index (χ2v) is 12.7. The number of benzene rings is 3. The van der Waals surface area contributed by atoms with E-state index in [-0.39, 0.29) is 36.3 Å². The highest BCUT2D eigenvalue weighted by atomic mass is 35.5. The van der Waals surface area contributed by atoms with Gasteiger partial charge in [0.2, 0.25) is 21.8 Å². The maximum absolute atomic E-state index is 14.1. The fourth-order valence-corrected chi connectivity index (χ4v) is 6.18. The SMILES string of the molecule is CS(=O)(=O)N(CC(=O)N(Cc1cccc(Cl)c1)[C@@H](Cc1ccccc1)C(=O)NC1CCCC1)c1cccc([N+](=O)[O-])c1. The van der Waals surface area contributed by atoms with Crippen LogP contribution < -0.4 is 9.62 Å². The Kier molecular flexibility index (Phi) is 10.2. The van der Waals surface area contributed by atoms with Gasteiger partial charge in [-0.05, 0) is 42.2 Å². The van der Waals surface area contributed by atoms with Crippen molar-refractivity contribution < 1.29 is 22.9 Å². The van der Waals surface area contributed by atoms with Crippen molar-refractivity contribution in [3.05, 3.63) is 105 Å². The Morgan fingerprint density at radius 3 is 2.31 bits per heavy atom. The van der Waals surface area contributed by atoms with Crippen molar-refractivity contribution in [1.29, 1.82) is 0 Å². The fourth-order valence-electron chi connectivity index (χ4n) is 5.13. The van der Waals surface area contributed by atoms with Crippen molar-refractivity contribution in [2.45, 2.75) is 50.7 Å². The van der Waals surface area contributed by atoms with Gasteiger partial charge in [-0.1, -0.05) is 73.0 Å². The average molecular weight is 613 g/mol. The van der Waals surface area contributed by atoms with Gasteiger partial charge in [0.05, 0.1) is 16.9 Å². The zero-order valence-corrected chi connectivity index (χ0v) is 24.8. The highest BCUT2D eigenvalue weighted by Crippen LogP contribution is 2.25. The van der Waals surface area contributed by atoms with Crippen LogP contribution in [0.25, 0.3) is 0 Å². The third-order valence-corrected chi connectivity index (χ3v) is 8.60. The standard InChI is InChI=1S/C30H33ClN4O6S/c1-42(40,41)34(26-15-8-16-27(19-26)35(38)39)21-29(36)33(20-23-11-7-12-24(31)17-23)28(18-22-9-3-2-4-10-22)30(37)32-25-13-5-6-14-25/h2-4,7-12,15-17,19,25,28H,5-6,13-14,18,20-21H2,1H3,(H,32,37)/t28-/m0/s1. The normalized spacial score (nSPS) is 14.2. The molecule has 3 aromatic rings. The van der Waals surface area contributed by atoms with E-state index in [2.05, 4.69) is 5.32 Å². The Bertz CT molecular complexity index is 1530. The van der Waals surface area contributed by atoms with E-state index in [4.69, 9.17) is 11.6 Å². The number of amides is 2. The highest BCUT2D eigenvalue weighted by molar-refractivity contribution is 7.92. The number of carbonyl (C=O) groups is 2. The van der Waals surface area contributed by atoms with Crippen LogP contribution in [0.15, 0.2) is 78.9 Å². The second-order valence-electron chi connectivity index (χ2n) is 10.4. The first-order valence-electron chi connectivity index (χ1n) is 13.6. The maximum atomic E-state index is 14.1. The van der Waals surface area contributed by atoms with Crippen LogP contribution in [0.3, 0.4) is 0 Å². The molecule has 0 radical (unpaired) electrons. The molecule has 4 rings (SSSR count). The van der Waals surface area contributed by atoms with Gasteiger partial charge >= 0.3 is 0 Å². The summed E-state index contributed by atoms with van der Waals surface area (Å²) in [6, 6.07) is 20.3. The van der Waals surface area contributed by atoms with Crippen molar-refractivity contribution >= 4 is 44.8 Å². The largest absolute Gasteiger partial charge is 0.352 e. The van der Waals surface area contributed by atoms with E-state index in [0.717, 1.165) is 47.9 Å². The summed E-state index contributed by atoms with van der Waals surface area (Å²) in [4.78, 5) is 40.1. The summed E-state index contributed by atoms with van der Waals surface area (Å²) >= 11 is 6.23. The Morgan fingerprint density at radius 2 is 1.67 bits per heavy atom. The molecule has 1 atom stereocenters. The number of nitrogens with one attached hydrogen (secondary N) is 1. The van der Waals surface area contributed by atoms with Gasteiger partial charge in [-0.15, -0.1) is 0 Å². The first-order chi connectivity index (χ1) is 20.0. The molecule has 2 amide bonds. The van der Waals surface area contributed by atoms with Crippen molar-refractivity contribution in [3.8, 4) is 0 Å². The van der Waals surface area contributed by atoms with Gasteiger partial charge in [-0.3, -0.25) is 24.0 Å². The number of hydrogen-bond donors (Lipinski definition) is 1. The number of nitrogens with zero attached hydrogens (tertiary/aromatic N) is 3. The summed E-state index contributed by atoms with van der Waals surface area (Å²) in [6.07, 6.45) is 4.83. The summed E-state index contributed by atoms with van der Waals surface area (Å²) in [5.41, 5.74) is 1.13. The van der Waals surface area contributed by atoms with E-state index < -0.39 is 33.4 Å². The van der Waals surface area contributed by atoms with Crippen molar-refractivity contribution in [3.63, 3.8) is 0 Å². The molecule has 222 valence electrons. The van der Waals surface area contributed by atoms with E-state index in [1.807, 2.05) is 30.3 Å². The minimum atomic E-state index is -4.05. The number of rotatable bonds is 12. The molecule has 0 bridgehead atoms. The molecule has 12 heteroatoms. The number of nitro groups is 1. The van der Waals surface area contributed by atoms with E-state index in [1.54, 1.807) is 24.3 Å². The van der Waals surface area contributed by atoms with Crippen LogP contribution in [0, 0.1) is 10.1 Å². The minimum Gasteiger partial charge on any atom is -0.352 e. The van der Waals surface area contributed by atoms with Crippen molar-refractivity contribution in [2.24, 2.45) is 0 Å². The Balaban J connectivity index is 1.74. The maximum Gasteiger partial charge on any atom is 0.271 e. The molecular formula is C30H33ClN4O6S. The van der Waals surface area contributed by atoms with Crippen molar-refractivity contribution in [1.82, 2.24) is 10.2 Å². The molecule has 10 nitrogen and oxygen atoms in total. The molecule has 0 aliphatic heterocycles. The van der Waals surface area contributed by atoms with Gasteiger partial charge in [-0.2, -0.15) is 0 Å². The predicted molar refractivity (Wildman–Crippen MR) is 162 cm³/mol. The molecule has 0 heterocycles. The first kappa shape index (κ1) is 31.0. The smallest absolute Gasteiger partial charge is 0.271 e. The molecule has 0 saturated heterocycles. The zero-order valence-electron chi connectivity index (χ0n) is 23.2. The molecule has 0 unspecified atom stereocenters. The summed E-state index contributed by atoms with van der Waals surface area (Å²) in [5, 5.41) is 14.9. The molecule has 1 saturated carbocycles. The summed E-state index contributed by atoms with van der Waals surface area (Å²) in [5.74, 6) is -0.975. The number of halogens is 1. The first-order valence-corrected chi connectivity index (χ1v) is 15.8. The van der Waals surface area contributed by atoms with Gasteiger partial charge in [0.25, 0.3) is 5.69 Å². The van der Waals surface area contributed by atoms with E-state index in [0.29, 0.717) is 10.6 Å². The third-order valence-electron chi connectivity index (χ3n) is 7.22. The Morgan fingerprint density at radius 1 is 1.00 bits per heavy atom. The number of anilines is 1. The lowest BCUT2D eigenvalue weighted by atomic mass is 10.0. The van der Waals surface area contributed by atoms with Gasteiger partial charge in [0.15, 0.2) is 0 Å². The van der Waals surface area contributed by atoms with E-state index in [9.17, 15) is 28.1 Å². The van der Waals surface area contributed by atoms with Crippen LogP contribution in [0.5, 0.6) is 0 Å². The second kappa shape index (κ2) is 13.8. The number of nitro benzene ring substituents is 1. The van der Waals surface area contributed by atoms with E-state index in [1.165, 1.54) is 23.1 Å². The van der Waals surface area contributed by atoms with Crippen LogP contribution in [-0.2, 0) is 32.6 Å². The minimum absolute atomic E-state index is 0.00344. The van der Waals surface area contributed by atoms with Gasteiger partial charge < -0.3 is 10.2 Å². The predicted octanol–water partition coefficient (Wildman–Crippen LogP) is 4.71. The molecule has 1 fully saturated rings. The monoisotopic (exact) mass is 612 g/mol. The summed E-state index contributed by atoms with van der Waals surface area (Å²) < 4.78 is 26.6. The lowest BCUT2D eigenvalue weighted by molar-refractivity contribution is -0.384. The van der Waals surface area contributed by atoms with Crippen LogP contribution >= 0.6 is 11.6 Å². The molecule has 1 N–H and O–H groups in total. The fraction of sp³-hybridized carbons (Fsp3) is 0.333. The lowest BCUT2D eigenvalue weighted by Gasteiger charge is -2.34. The molecule has 0 spiro atoms. The third kappa shape index (κ3) is 8.29. The number of hydrogen-bond acceptors (Lipinski definition) is 6. The van der Waals surface area contributed by atoms with Gasteiger partial charge in [-0.25, -0.2) is 8.42 Å². The number of carbonyl (C=O) groups excluding carboxylic acids is 2. The molecule has 3 aromatic carbocycles. The highest BCUT2D eigenvalue weighted by Gasteiger charge is 2.34. The summed E-state index contributed by atoms with van der Waals surface area (Å²) in [7, 11) is -4.05. The molecular weight excluding hydrogens is 580 g/mol. The van der Waals surface area contributed by atoms with E-state index >= 15 is 0 Å². The topological polar surface area (TPSA) is 130 Å². The molecule has 0 aromatic heterocycles. The lowest BCUT2D eigenvalue weighted by Crippen LogP contribution is -2.54. The van der Waals surface area contributed by atoms with Crippen LogP contribution in [0.1, 0.15) is 36.8 Å². The van der Waals surface area contributed by atoms with Crippen molar-refractivity contribution in [2.75, 3.05) is 17.1 Å². The number of sulfonamides is 1. The van der Waals surface area contributed by atoms with Gasteiger partial charge in [0, 0.05) is 36.2 Å². The molecule has 1 aliphatic rings. The molecule has 42 heavy (non-hydrogen) atoms.